The molecule has 1 atom stereocenters. The summed E-state index contributed by atoms with van der Waals surface area (Å²) in [6, 6.07) is 4.89. The number of aromatic nitrogens is 1. The van der Waals surface area contributed by atoms with E-state index in [-0.39, 0.29) is 0 Å². The lowest BCUT2D eigenvalue weighted by atomic mass is 10.3. The molecule has 0 amide bonds. The molecule has 1 fully saturated rings. The predicted molar refractivity (Wildman–Crippen MR) is 60.7 cm³/mol. The van der Waals surface area contributed by atoms with Crippen LogP contribution in [0.2, 0.25) is 0 Å². The Bertz CT molecular complexity index is 295. The van der Waals surface area contributed by atoms with E-state index in [1.807, 2.05) is 24.0 Å². The molecular formula is C11H16N2S. The van der Waals surface area contributed by atoms with Crippen molar-refractivity contribution in [3.8, 4) is 0 Å². The summed E-state index contributed by atoms with van der Waals surface area (Å²) in [4.78, 5) is 4.34. The zero-order chi connectivity index (χ0) is 9.80. The highest BCUT2D eigenvalue weighted by Crippen LogP contribution is 2.19. The maximum Gasteiger partial charge on any atom is 0.0962 e. The molecule has 0 spiro atoms. The number of thioether (sulfide) groups is 1. The molecule has 0 aliphatic carbocycles. The summed E-state index contributed by atoms with van der Waals surface area (Å²) in [6.07, 6.45) is 4.53. The quantitative estimate of drug-likeness (QED) is 0.771. The average Bonchev–Trinajstić information content (AvgIpc) is 2.67. The lowest BCUT2D eigenvalue weighted by Crippen LogP contribution is -2.23. The van der Waals surface area contributed by atoms with E-state index in [0.29, 0.717) is 6.04 Å². The number of aryl methyl sites for hydroxylation is 1. The lowest BCUT2D eigenvalue weighted by Gasteiger charge is -2.08. The second-order valence-electron chi connectivity index (χ2n) is 3.78. The Kier molecular flexibility index (Phi) is 3.43. The van der Waals surface area contributed by atoms with Gasteiger partial charge in [-0.1, -0.05) is 0 Å². The Morgan fingerprint density at radius 1 is 1.64 bits per heavy atom. The Balaban J connectivity index is 1.85. The molecule has 1 aromatic heterocycles. The molecule has 76 valence electrons. The van der Waals surface area contributed by atoms with Gasteiger partial charge in [-0.25, -0.2) is 4.98 Å². The van der Waals surface area contributed by atoms with Crippen molar-refractivity contribution >= 4 is 11.8 Å². The first kappa shape index (κ1) is 9.99. The fourth-order valence-corrected chi connectivity index (χ4v) is 2.73. The van der Waals surface area contributed by atoms with Gasteiger partial charge in [0, 0.05) is 18.0 Å². The van der Waals surface area contributed by atoms with Gasteiger partial charge in [0.15, 0.2) is 0 Å². The molecule has 1 N–H and O–H groups in total. The standard InChI is InChI=1S/C11H16N2S/c1-9-4-6-13-11(7-9)14-8-10-3-2-5-12-10/h4,6-7,10,12H,2-3,5,8H2,1H3/t10-/m1/s1. The molecule has 1 aliphatic heterocycles. The third-order valence-electron chi connectivity index (χ3n) is 2.49. The number of hydrogen-bond donors (Lipinski definition) is 1. The van der Waals surface area contributed by atoms with Gasteiger partial charge in [-0.3, -0.25) is 0 Å². The first-order valence-electron chi connectivity index (χ1n) is 5.13. The predicted octanol–water partition coefficient (Wildman–Crippen LogP) is 2.23. The van der Waals surface area contributed by atoms with Crippen LogP contribution in [0.3, 0.4) is 0 Å². The van der Waals surface area contributed by atoms with Gasteiger partial charge in [-0.2, -0.15) is 0 Å². The molecule has 0 unspecified atom stereocenters. The van der Waals surface area contributed by atoms with Crippen LogP contribution in [-0.4, -0.2) is 23.3 Å². The Morgan fingerprint density at radius 2 is 2.57 bits per heavy atom. The van der Waals surface area contributed by atoms with Gasteiger partial charge in [0.2, 0.25) is 0 Å². The Morgan fingerprint density at radius 3 is 3.29 bits per heavy atom. The number of nitrogens with one attached hydrogen (secondary N) is 1. The molecule has 0 bridgehead atoms. The molecule has 1 aliphatic rings. The van der Waals surface area contributed by atoms with Gasteiger partial charge in [0.1, 0.15) is 0 Å². The SMILES string of the molecule is Cc1ccnc(SC[C@H]2CCCN2)c1. The summed E-state index contributed by atoms with van der Waals surface area (Å²) in [5.74, 6) is 1.15. The van der Waals surface area contributed by atoms with Gasteiger partial charge in [-0.15, -0.1) is 11.8 Å². The zero-order valence-corrected chi connectivity index (χ0v) is 9.31. The van der Waals surface area contributed by atoms with Crippen LogP contribution in [0.25, 0.3) is 0 Å². The van der Waals surface area contributed by atoms with Crippen LogP contribution in [0, 0.1) is 6.92 Å². The molecule has 0 radical (unpaired) electrons. The Labute approximate surface area is 89.5 Å². The molecule has 1 saturated heterocycles. The summed E-state index contributed by atoms with van der Waals surface area (Å²) >= 11 is 1.86. The summed E-state index contributed by atoms with van der Waals surface area (Å²) in [5.41, 5.74) is 1.29. The van der Waals surface area contributed by atoms with Gasteiger partial charge < -0.3 is 5.32 Å². The minimum Gasteiger partial charge on any atom is -0.313 e. The van der Waals surface area contributed by atoms with Crippen LogP contribution in [0.1, 0.15) is 18.4 Å². The van der Waals surface area contributed by atoms with Crippen molar-refractivity contribution in [3.05, 3.63) is 23.9 Å². The van der Waals surface area contributed by atoms with Crippen LogP contribution in [0.5, 0.6) is 0 Å². The highest BCUT2D eigenvalue weighted by Gasteiger charge is 2.13. The second-order valence-corrected chi connectivity index (χ2v) is 4.82. The van der Waals surface area contributed by atoms with E-state index < -0.39 is 0 Å². The van der Waals surface area contributed by atoms with E-state index in [1.54, 1.807) is 0 Å². The first-order valence-corrected chi connectivity index (χ1v) is 6.12. The van der Waals surface area contributed by atoms with Crippen LogP contribution >= 0.6 is 11.8 Å². The molecular weight excluding hydrogens is 192 g/mol. The molecule has 14 heavy (non-hydrogen) atoms. The highest BCUT2D eigenvalue weighted by atomic mass is 32.2. The molecule has 0 aromatic carbocycles. The minimum absolute atomic E-state index is 0.697. The maximum atomic E-state index is 4.34. The largest absolute Gasteiger partial charge is 0.313 e. The molecule has 2 heterocycles. The highest BCUT2D eigenvalue weighted by molar-refractivity contribution is 7.99. The van der Waals surface area contributed by atoms with Gasteiger partial charge in [0.05, 0.1) is 5.03 Å². The van der Waals surface area contributed by atoms with Gasteiger partial charge in [-0.05, 0) is 44.0 Å². The van der Waals surface area contributed by atoms with Crippen molar-refractivity contribution in [2.24, 2.45) is 0 Å². The topological polar surface area (TPSA) is 24.9 Å². The second kappa shape index (κ2) is 4.80. The molecule has 3 heteroatoms. The summed E-state index contributed by atoms with van der Waals surface area (Å²) in [5, 5.41) is 4.64. The van der Waals surface area contributed by atoms with E-state index in [9.17, 15) is 0 Å². The van der Waals surface area contributed by atoms with Crippen molar-refractivity contribution in [3.63, 3.8) is 0 Å². The van der Waals surface area contributed by atoms with E-state index in [4.69, 9.17) is 0 Å². The monoisotopic (exact) mass is 208 g/mol. The third kappa shape index (κ3) is 2.72. The van der Waals surface area contributed by atoms with E-state index >= 15 is 0 Å². The number of nitrogens with zero attached hydrogens (tertiary/aromatic N) is 1. The normalized spacial score (nSPS) is 21.4. The Hall–Kier alpha value is -0.540. The smallest absolute Gasteiger partial charge is 0.0962 e. The molecule has 1 aromatic rings. The van der Waals surface area contributed by atoms with E-state index in [0.717, 1.165) is 10.8 Å². The van der Waals surface area contributed by atoms with Gasteiger partial charge >= 0.3 is 0 Å². The molecule has 2 nitrogen and oxygen atoms in total. The van der Waals surface area contributed by atoms with Crippen molar-refractivity contribution < 1.29 is 0 Å². The fraction of sp³-hybridized carbons (Fsp3) is 0.545. The van der Waals surface area contributed by atoms with Gasteiger partial charge in [0.25, 0.3) is 0 Å². The van der Waals surface area contributed by atoms with E-state index in [2.05, 4.69) is 23.3 Å². The van der Waals surface area contributed by atoms with Crippen LogP contribution in [0.15, 0.2) is 23.4 Å². The third-order valence-corrected chi connectivity index (χ3v) is 3.57. The van der Waals surface area contributed by atoms with Crippen LogP contribution in [0.4, 0.5) is 0 Å². The average molecular weight is 208 g/mol. The first-order chi connectivity index (χ1) is 6.84. The van der Waals surface area contributed by atoms with E-state index in [1.165, 1.54) is 24.9 Å². The van der Waals surface area contributed by atoms with Crippen molar-refractivity contribution in [1.82, 2.24) is 10.3 Å². The minimum atomic E-state index is 0.697. The zero-order valence-electron chi connectivity index (χ0n) is 8.49. The van der Waals surface area contributed by atoms with Crippen molar-refractivity contribution in [1.29, 1.82) is 0 Å². The number of rotatable bonds is 3. The number of hydrogen-bond acceptors (Lipinski definition) is 3. The maximum absolute atomic E-state index is 4.34. The van der Waals surface area contributed by atoms with Crippen molar-refractivity contribution in [2.75, 3.05) is 12.3 Å². The fourth-order valence-electron chi connectivity index (χ4n) is 1.67. The molecule has 2 rings (SSSR count). The summed E-state index contributed by atoms with van der Waals surface area (Å²) in [7, 11) is 0. The lowest BCUT2D eigenvalue weighted by molar-refractivity contribution is 0.673. The molecule has 0 saturated carbocycles. The van der Waals surface area contributed by atoms with Crippen LogP contribution < -0.4 is 5.32 Å². The number of pyridine rings is 1. The summed E-state index contributed by atoms with van der Waals surface area (Å²) < 4.78 is 0. The summed E-state index contributed by atoms with van der Waals surface area (Å²) in [6.45, 7) is 3.30. The van der Waals surface area contributed by atoms with Crippen molar-refractivity contribution in [2.45, 2.75) is 30.8 Å². The van der Waals surface area contributed by atoms with Crippen LogP contribution in [-0.2, 0) is 0 Å².